The van der Waals surface area contributed by atoms with Gasteiger partial charge in [-0.3, -0.25) is 0 Å². The molecule has 40 heavy (non-hydrogen) atoms. The first-order valence-electron chi connectivity index (χ1n) is 13.6. The van der Waals surface area contributed by atoms with Gasteiger partial charge in [-0.2, -0.15) is 15.9 Å². The van der Waals surface area contributed by atoms with E-state index < -0.39 is 4.16 Å². The quantitative estimate of drug-likeness (QED) is 0.106. The highest BCUT2D eigenvalue weighted by Gasteiger charge is 2.26. The van der Waals surface area contributed by atoms with Crippen LogP contribution in [0.25, 0.3) is 22.0 Å². The molecular formula is C32H38N5O2S+. The number of rotatable bonds is 10. The third-order valence-corrected chi connectivity index (χ3v) is 7.02. The van der Waals surface area contributed by atoms with Crippen molar-refractivity contribution >= 4 is 29.7 Å². The largest absolute Gasteiger partial charge is 0.492 e. The minimum atomic E-state index is -0.764. The van der Waals surface area contributed by atoms with Gasteiger partial charge in [0.05, 0.1) is 17.7 Å². The van der Waals surface area contributed by atoms with Crippen LogP contribution in [0.4, 0.5) is 5.95 Å². The Kier molecular flexibility index (Phi) is 8.69. The first-order valence-corrected chi connectivity index (χ1v) is 14.0. The molecule has 0 saturated carbocycles. The van der Waals surface area contributed by atoms with Crippen molar-refractivity contribution in [1.29, 1.82) is 5.26 Å². The molecule has 4 rings (SSSR count). The van der Waals surface area contributed by atoms with Crippen LogP contribution in [-0.2, 0) is 11.8 Å². The molecule has 0 aliphatic rings. The zero-order valence-electron chi connectivity index (χ0n) is 24.1. The summed E-state index contributed by atoms with van der Waals surface area (Å²) < 4.78 is 5.36. The summed E-state index contributed by atoms with van der Waals surface area (Å²) in [5.41, 5.74) is 9.24. The average Bonchev–Trinajstić information content (AvgIpc) is 2.90. The van der Waals surface area contributed by atoms with Gasteiger partial charge in [0, 0.05) is 17.0 Å². The number of nitriles is 1. The molecule has 0 amide bonds. The highest BCUT2D eigenvalue weighted by Crippen LogP contribution is 2.38. The van der Waals surface area contributed by atoms with Crippen molar-refractivity contribution in [2.24, 2.45) is 5.92 Å². The number of aromatic nitrogens is 2. The zero-order valence-corrected chi connectivity index (χ0v) is 25.0. The number of benzene rings is 3. The van der Waals surface area contributed by atoms with Crippen molar-refractivity contribution in [2.45, 2.75) is 52.9 Å². The summed E-state index contributed by atoms with van der Waals surface area (Å²) in [6.07, 6.45) is 3.57. The van der Waals surface area contributed by atoms with Crippen molar-refractivity contribution in [3.8, 4) is 22.9 Å². The van der Waals surface area contributed by atoms with Gasteiger partial charge in [-0.15, -0.1) is 0 Å². The van der Waals surface area contributed by atoms with E-state index in [0.717, 1.165) is 57.3 Å². The van der Waals surface area contributed by atoms with Crippen molar-refractivity contribution < 1.29 is 14.1 Å². The molecule has 3 aromatic carbocycles. The highest BCUT2D eigenvalue weighted by atomic mass is 32.1. The van der Waals surface area contributed by atoms with Crippen LogP contribution in [-0.4, -0.2) is 33.0 Å². The van der Waals surface area contributed by atoms with E-state index in [1.165, 1.54) is 7.05 Å². The van der Waals surface area contributed by atoms with Crippen LogP contribution in [0.15, 0.2) is 60.8 Å². The van der Waals surface area contributed by atoms with Crippen molar-refractivity contribution in [2.75, 3.05) is 19.1 Å². The fourth-order valence-corrected chi connectivity index (χ4v) is 4.80. The predicted molar refractivity (Wildman–Crippen MR) is 163 cm³/mol. The molecule has 8 heteroatoms. The molecule has 0 radical (unpaired) electrons. The van der Waals surface area contributed by atoms with E-state index in [9.17, 15) is 10.5 Å². The number of hydroxylamine groups is 1. The van der Waals surface area contributed by atoms with E-state index >= 15 is 0 Å². The van der Waals surface area contributed by atoms with Gasteiger partial charge in [-0.25, -0.2) is 9.97 Å². The lowest BCUT2D eigenvalue weighted by Crippen LogP contribution is -2.36. The molecule has 1 heterocycles. The Balaban J connectivity index is 1.63. The smallest absolute Gasteiger partial charge is 0.273 e. The minimum Gasteiger partial charge on any atom is -0.492 e. The Morgan fingerprint density at radius 3 is 2.40 bits per heavy atom. The van der Waals surface area contributed by atoms with Crippen molar-refractivity contribution in [1.82, 2.24) is 9.97 Å². The van der Waals surface area contributed by atoms with Gasteiger partial charge in [-0.05, 0) is 62.5 Å². The number of anilines is 1. The first kappa shape index (κ1) is 29.3. The van der Waals surface area contributed by atoms with E-state index in [1.54, 1.807) is 6.20 Å². The summed E-state index contributed by atoms with van der Waals surface area (Å²) in [5, 5.41) is 20.7. The fourth-order valence-electron chi connectivity index (χ4n) is 4.71. The lowest BCUT2D eigenvalue weighted by Gasteiger charge is -2.28. The molecule has 208 valence electrons. The van der Waals surface area contributed by atoms with E-state index in [0.29, 0.717) is 18.1 Å². The molecule has 0 fully saturated rings. The van der Waals surface area contributed by atoms with Gasteiger partial charge in [-0.1, -0.05) is 77.4 Å². The van der Waals surface area contributed by atoms with E-state index in [-0.39, 0.29) is 11.4 Å². The Hall–Kier alpha value is -3.64. The van der Waals surface area contributed by atoms with Crippen LogP contribution >= 0.6 is 12.8 Å². The second-order valence-corrected chi connectivity index (χ2v) is 12.1. The monoisotopic (exact) mass is 556 g/mol. The maximum atomic E-state index is 9.98. The molecule has 1 unspecified atom stereocenters. The van der Waals surface area contributed by atoms with Crippen LogP contribution in [0.5, 0.6) is 5.75 Å². The topological polar surface area (TPSA) is 91.1 Å². The van der Waals surface area contributed by atoms with Crippen LogP contribution < -0.4 is 10.2 Å². The Morgan fingerprint density at radius 1 is 1.07 bits per heavy atom. The second kappa shape index (κ2) is 11.8. The molecule has 0 saturated heterocycles. The van der Waals surface area contributed by atoms with Crippen LogP contribution in [0, 0.1) is 17.2 Å². The lowest BCUT2D eigenvalue weighted by atomic mass is 9.76. The molecule has 1 aromatic heterocycles. The standard InChI is InChI=1S/C32H38N5O2S/c1-7-8-24-16-28(17-25(18-33)30(24)39-20-21(2)3)32(4,5)27-12-9-22(10-13-27)23-11-14-29-26(15-23)19-34-31(35-29)36-37(6,38)40/h9-17,19,21,38,40H,7-8,20H2,1-6H3,(H,34,35,36)/q+1. The van der Waals surface area contributed by atoms with Gasteiger partial charge in [0.15, 0.2) is 0 Å². The summed E-state index contributed by atoms with van der Waals surface area (Å²) >= 11 is 4.00. The molecule has 7 nitrogen and oxygen atoms in total. The number of hydrogen-bond donors (Lipinski definition) is 3. The SMILES string of the molecule is CCCc1cc(C(C)(C)c2ccc(-c3ccc4nc(N[N+](C)(O)S)ncc4c3)cc2)cc(C#N)c1OCC(C)C. The maximum absolute atomic E-state index is 9.98. The number of hydrogen-bond acceptors (Lipinski definition) is 7. The van der Waals surface area contributed by atoms with Gasteiger partial charge in [0.1, 0.15) is 31.7 Å². The number of fused-ring (bicyclic) bond motifs is 1. The third kappa shape index (κ3) is 6.73. The number of nitrogens with zero attached hydrogens (tertiary/aromatic N) is 4. The van der Waals surface area contributed by atoms with E-state index in [4.69, 9.17) is 4.74 Å². The molecule has 0 aliphatic carbocycles. The molecular weight excluding hydrogens is 518 g/mol. The Labute approximate surface area is 242 Å². The zero-order chi connectivity index (χ0) is 29.1. The highest BCUT2D eigenvalue weighted by molar-refractivity contribution is 7.74. The summed E-state index contributed by atoms with van der Waals surface area (Å²) in [6, 6.07) is 21.2. The number of ether oxygens (including phenoxy) is 1. The Bertz CT molecular complexity index is 1540. The molecule has 1 atom stereocenters. The van der Waals surface area contributed by atoms with Gasteiger partial charge < -0.3 is 4.74 Å². The summed E-state index contributed by atoms with van der Waals surface area (Å²) in [7, 11) is 1.45. The molecule has 0 bridgehead atoms. The van der Waals surface area contributed by atoms with Crippen molar-refractivity contribution in [3.63, 3.8) is 0 Å². The maximum Gasteiger partial charge on any atom is 0.273 e. The van der Waals surface area contributed by atoms with E-state index in [2.05, 4.69) is 105 Å². The van der Waals surface area contributed by atoms with Gasteiger partial charge >= 0.3 is 0 Å². The van der Waals surface area contributed by atoms with E-state index in [1.807, 2.05) is 18.2 Å². The van der Waals surface area contributed by atoms with Crippen LogP contribution in [0.1, 0.15) is 63.3 Å². The molecule has 2 N–H and O–H groups in total. The third-order valence-electron chi connectivity index (χ3n) is 6.92. The second-order valence-electron chi connectivity index (χ2n) is 11.3. The van der Waals surface area contributed by atoms with Crippen LogP contribution in [0.2, 0.25) is 0 Å². The summed E-state index contributed by atoms with van der Waals surface area (Å²) in [6.45, 7) is 11.4. The normalized spacial score (nSPS) is 13.2. The fraction of sp³-hybridized carbons (Fsp3) is 0.344. The number of quaternary nitrogens is 1. The predicted octanol–water partition coefficient (Wildman–Crippen LogP) is 7.49. The number of aryl methyl sites for hydroxylation is 1. The Morgan fingerprint density at radius 2 is 1.77 bits per heavy atom. The first-order chi connectivity index (χ1) is 18.9. The lowest BCUT2D eigenvalue weighted by molar-refractivity contribution is -0.955. The summed E-state index contributed by atoms with van der Waals surface area (Å²) in [5.74, 6) is 1.40. The molecule has 4 aromatic rings. The van der Waals surface area contributed by atoms with Crippen molar-refractivity contribution in [3.05, 3.63) is 83.0 Å². The van der Waals surface area contributed by atoms with Gasteiger partial charge in [0.25, 0.3) is 5.95 Å². The van der Waals surface area contributed by atoms with Gasteiger partial charge in [0.2, 0.25) is 0 Å². The average molecular weight is 557 g/mol. The number of nitrogens with one attached hydrogen (secondary N) is 1. The molecule has 0 spiro atoms. The summed E-state index contributed by atoms with van der Waals surface area (Å²) in [4.78, 5) is 8.75. The minimum absolute atomic E-state index is 0.285. The van der Waals surface area contributed by atoms with Crippen LogP contribution in [0.3, 0.4) is 0 Å². The number of thiol groups is 1. The molecule has 0 aliphatic heterocycles.